The van der Waals surface area contributed by atoms with Gasteiger partial charge in [0.05, 0.1) is 20.3 Å². The van der Waals surface area contributed by atoms with Crippen molar-refractivity contribution in [2.24, 2.45) is 5.73 Å². The van der Waals surface area contributed by atoms with Crippen molar-refractivity contribution in [1.29, 1.82) is 0 Å². The van der Waals surface area contributed by atoms with Gasteiger partial charge in [0.1, 0.15) is 11.5 Å². The first-order valence-corrected chi connectivity index (χ1v) is 7.25. The number of aliphatic carboxylic acids is 1. The minimum Gasteiger partial charge on any atom is -0.497 e. The second-order valence-corrected chi connectivity index (χ2v) is 4.75. The van der Waals surface area contributed by atoms with Crippen LogP contribution in [0.1, 0.15) is 44.3 Å². The van der Waals surface area contributed by atoms with Crippen LogP contribution >= 0.6 is 0 Å². The number of nitrogens with two attached hydrogens (primary N) is 1. The minimum atomic E-state index is -0.892. The highest BCUT2D eigenvalue weighted by Crippen LogP contribution is 2.30. The van der Waals surface area contributed by atoms with Crippen LogP contribution in [0.2, 0.25) is 0 Å². The smallest absolute Gasteiger partial charge is 0.303 e. The van der Waals surface area contributed by atoms with E-state index in [0.717, 1.165) is 11.3 Å². The molecule has 0 spiro atoms. The SMILES string of the molecule is CC[C@H](O)c1cc(OC)ccc1OC.NC(=O)CCCC(=O)O. The maximum Gasteiger partial charge on any atom is 0.303 e. The quantitative estimate of drug-likeness (QED) is 0.670. The Morgan fingerprint density at radius 2 is 1.87 bits per heavy atom. The van der Waals surface area contributed by atoms with Crippen molar-refractivity contribution in [2.45, 2.75) is 38.7 Å². The van der Waals surface area contributed by atoms with Gasteiger partial charge in [-0.25, -0.2) is 0 Å². The summed E-state index contributed by atoms with van der Waals surface area (Å²) in [7, 11) is 3.19. The molecule has 0 unspecified atom stereocenters. The molecule has 7 heteroatoms. The lowest BCUT2D eigenvalue weighted by atomic mass is 10.1. The maximum atomic E-state index is 10.0. The van der Waals surface area contributed by atoms with E-state index in [0.29, 0.717) is 18.6 Å². The van der Waals surface area contributed by atoms with E-state index >= 15 is 0 Å². The van der Waals surface area contributed by atoms with Gasteiger partial charge in [-0.05, 0) is 31.0 Å². The van der Waals surface area contributed by atoms with Crippen LogP contribution in [0.25, 0.3) is 0 Å². The number of methoxy groups -OCH3 is 2. The molecular formula is C16H25NO6. The number of aliphatic hydroxyl groups is 1. The monoisotopic (exact) mass is 327 g/mol. The Kier molecular flexibility index (Phi) is 10.2. The molecule has 7 nitrogen and oxygen atoms in total. The second-order valence-electron chi connectivity index (χ2n) is 4.75. The van der Waals surface area contributed by atoms with Crippen molar-refractivity contribution < 1.29 is 29.3 Å². The molecule has 1 aromatic carbocycles. The molecule has 1 amide bonds. The predicted molar refractivity (Wildman–Crippen MR) is 85.5 cm³/mol. The Balaban J connectivity index is 0.000000468. The first-order chi connectivity index (χ1) is 10.8. The number of carboxylic acid groups (broad SMARTS) is 1. The Morgan fingerprint density at radius 3 is 2.30 bits per heavy atom. The zero-order valence-corrected chi connectivity index (χ0v) is 13.7. The molecule has 0 radical (unpaired) electrons. The van der Waals surface area contributed by atoms with Crippen molar-refractivity contribution in [2.75, 3.05) is 14.2 Å². The van der Waals surface area contributed by atoms with Crippen LogP contribution in [-0.4, -0.2) is 36.3 Å². The Hall–Kier alpha value is -2.28. The molecule has 130 valence electrons. The third-order valence-electron chi connectivity index (χ3n) is 3.00. The van der Waals surface area contributed by atoms with Crippen molar-refractivity contribution >= 4 is 11.9 Å². The summed E-state index contributed by atoms with van der Waals surface area (Å²) in [4.78, 5) is 19.8. The predicted octanol–water partition coefficient (Wildman–Crippen LogP) is 1.87. The topological polar surface area (TPSA) is 119 Å². The van der Waals surface area contributed by atoms with E-state index in [2.05, 4.69) is 0 Å². The molecule has 0 aliphatic carbocycles. The fourth-order valence-corrected chi connectivity index (χ4v) is 1.73. The molecule has 0 saturated heterocycles. The molecule has 23 heavy (non-hydrogen) atoms. The normalized spacial score (nSPS) is 11.0. The van der Waals surface area contributed by atoms with E-state index in [9.17, 15) is 14.7 Å². The summed E-state index contributed by atoms with van der Waals surface area (Å²) >= 11 is 0. The fraction of sp³-hybridized carbons (Fsp3) is 0.500. The highest BCUT2D eigenvalue weighted by Gasteiger charge is 2.12. The number of ether oxygens (including phenoxy) is 2. The average molecular weight is 327 g/mol. The highest BCUT2D eigenvalue weighted by atomic mass is 16.5. The van der Waals surface area contributed by atoms with Crippen LogP contribution < -0.4 is 15.2 Å². The zero-order chi connectivity index (χ0) is 17.8. The zero-order valence-electron chi connectivity index (χ0n) is 13.7. The number of hydrogen-bond acceptors (Lipinski definition) is 5. The van der Waals surface area contributed by atoms with E-state index in [4.69, 9.17) is 20.3 Å². The van der Waals surface area contributed by atoms with Crippen LogP contribution in [0.5, 0.6) is 11.5 Å². The Bertz CT molecular complexity index is 489. The van der Waals surface area contributed by atoms with Gasteiger partial charge < -0.3 is 25.4 Å². The van der Waals surface area contributed by atoms with Crippen molar-refractivity contribution in [3.8, 4) is 11.5 Å². The molecule has 0 fully saturated rings. The molecular weight excluding hydrogens is 302 g/mol. The number of hydrogen-bond donors (Lipinski definition) is 3. The lowest BCUT2D eigenvalue weighted by molar-refractivity contribution is -0.137. The average Bonchev–Trinajstić information content (AvgIpc) is 2.53. The number of carboxylic acids is 1. The van der Waals surface area contributed by atoms with Gasteiger partial charge in [0, 0.05) is 18.4 Å². The molecule has 0 aliphatic rings. The van der Waals surface area contributed by atoms with Gasteiger partial charge in [0.15, 0.2) is 0 Å². The molecule has 0 saturated carbocycles. The largest absolute Gasteiger partial charge is 0.497 e. The molecule has 1 atom stereocenters. The molecule has 4 N–H and O–H groups in total. The number of aliphatic hydroxyl groups excluding tert-OH is 1. The van der Waals surface area contributed by atoms with E-state index in [1.807, 2.05) is 13.0 Å². The van der Waals surface area contributed by atoms with Gasteiger partial charge in [0.25, 0.3) is 0 Å². The highest BCUT2D eigenvalue weighted by molar-refractivity contribution is 5.74. The van der Waals surface area contributed by atoms with E-state index in [1.165, 1.54) is 0 Å². The first kappa shape index (κ1) is 20.7. The van der Waals surface area contributed by atoms with Gasteiger partial charge in [-0.1, -0.05) is 6.92 Å². The molecule has 0 aliphatic heterocycles. The summed E-state index contributed by atoms with van der Waals surface area (Å²) in [6.07, 6.45) is 0.670. The number of carbonyl (C=O) groups excluding carboxylic acids is 1. The number of rotatable bonds is 8. The van der Waals surface area contributed by atoms with Gasteiger partial charge >= 0.3 is 5.97 Å². The van der Waals surface area contributed by atoms with Gasteiger partial charge in [-0.2, -0.15) is 0 Å². The Morgan fingerprint density at radius 1 is 1.22 bits per heavy atom. The van der Waals surface area contributed by atoms with Crippen molar-refractivity contribution in [3.05, 3.63) is 23.8 Å². The van der Waals surface area contributed by atoms with E-state index < -0.39 is 18.0 Å². The number of primary amides is 1. The lowest BCUT2D eigenvalue weighted by Gasteiger charge is -2.14. The van der Waals surface area contributed by atoms with E-state index in [-0.39, 0.29) is 12.8 Å². The summed E-state index contributed by atoms with van der Waals surface area (Å²) in [5, 5.41) is 17.8. The summed E-state index contributed by atoms with van der Waals surface area (Å²) < 4.78 is 10.2. The summed E-state index contributed by atoms with van der Waals surface area (Å²) in [5.74, 6) is 0.0842. The van der Waals surface area contributed by atoms with Crippen LogP contribution in [0.3, 0.4) is 0 Å². The van der Waals surface area contributed by atoms with Crippen molar-refractivity contribution in [1.82, 2.24) is 0 Å². The molecule has 1 aromatic rings. The fourth-order valence-electron chi connectivity index (χ4n) is 1.73. The van der Waals surface area contributed by atoms with Crippen molar-refractivity contribution in [3.63, 3.8) is 0 Å². The van der Waals surface area contributed by atoms with Crippen LogP contribution in [0.4, 0.5) is 0 Å². The number of benzene rings is 1. The second kappa shape index (κ2) is 11.3. The summed E-state index contributed by atoms with van der Waals surface area (Å²) in [6, 6.07) is 5.41. The number of carbonyl (C=O) groups is 2. The summed E-state index contributed by atoms with van der Waals surface area (Å²) in [5.41, 5.74) is 5.52. The third kappa shape index (κ3) is 8.67. The number of amides is 1. The molecule has 1 rings (SSSR count). The molecule has 0 heterocycles. The maximum absolute atomic E-state index is 10.0. The molecule has 0 bridgehead atoms. The summed E-state index contributed by atoms with van der Waals surface area (Å²) in [6.45, 7) is 1.92. The van der Waals surface area contributed by atoms with Crippen LogP contribution in [0.15, 0.2) is 18.2 Å². The lowest BCUT2D eigenvalue weighted by Crippen LogP contribution is -2.10. The minimum absolute atomic E-state index is 0.0168. The van der Waals surface area contributed by atoms with Gasteiger partial charge in [-0.3, -0.25) is 9.59 Å². The third-order valence-corrected chi connectivity index (χ3v) is 3.00. The van der Waals surface area contributed by atoms with Gasteiger partial charge in [-0.15, -0.1) is 0 Å². The molecule has 0 aromatic heterocycles. The van der Waals surface area contributed by atoms with Crippen LogP contribution in [0, 0.1) is 0 Å². The Labute approximate surface area is 136 Å². The van der Waals surface area contributed by atoms with Gasteiger partial charge in [0.2, 0.25) is 5.91 Å². The standard InChI is InChI=1S/C11H16O3.C5H9NO3/c1-4-10(12)9-7-8(13-2)5-6-11(9)14-3;6-4(7)2-1-3-5(8)9/h5-7,10,12H,4H2,1-3H3;1-3H2,(H2,6,7)(H,8,9)/t10-;/m0./s1. The van der Waals surface area contributed by atoms with Crippen LogP contribution in [-0.2, 0) is 9.59 Å². The first-order valence-electron chi connectivity index (χ1n) is 7.25. The van der Waals surface area contributed by atoms with E-state index in [1.54, 1.807) is 26.4 Å².